The number of carbonyl (C=O) groups excluding carboxylic acids is 1. The van der Waals surface area contributed by atoms with E-state index >= 15 is 0 Å². The van der Waals surface area contributed by atoms with Gasteiger partial charge in [-0.1, -0.05) is 30.3 Å². The summed E-state index contributed by atoms with van der Waals surface area (Å²) in [7, 11) is -3.42. The number of rotatable bonds is 4. The molecule has 0 aromatic heterocycles. The summed E-state index contributed by atoms with van der Waals surface area (Å²) >= 11 is 0. The summed E-state index contributed by atoms with van der Waals surface area (Å²) in [5.41, 5.74) is 5.31. The summed E-state index contributed by atoms with van der Waals surface area (Å²) in [5, 5.41) is -0.915. The summed E-state index contributed by atoms with van der Waals surface area (Å²) in [6, 6.07) is 8.95. The van der Waals surface area contributed by atoms with Crippen LogP contribution in [0.3, 0.4) is 0 Å². The molecule has 0 heterocycles. The van der Waals surface area contributed by atoms with Crippen molar-refractivity contribution >= 4 is 15.8 Å². The molecule has 0 spiro atoms. The fourth-order valence-corrected chi connectivity index (χ4v) is 4.34. The molecular formula is C13H17NO4S. The summed E-state index contributed by atoms with van der Waals surface area (Å²) in [6.07, 6.45) is 1.10. The van der Waals surface area contributed by atoms with E-state index in [0.29, 0.717) is 0 Å². The van der Waals surface area contributed by atoms with Crippen molar-refractivity contribution in [3.05, 3.63) is 35.9 Å². The largest absolute Gasteiger partial charge is 0.465 e. The minimum atomic E-state index is -3.42. The van der Waals surface area contributed by atoms with Crippen LogP contribution in [0.2, 0.25) is 0 Å². The Morgan fingerprint density at radius 2 is 1.95 bits per heavy atom. The molecule has 6 heteroatoms. The average molecular weight is 283 g/mol. The van der Waals surface area contributed by atoms with Gasteiger partial charge in [-0.15, -0.1) is 0 Å². The van der Waals surface area contributed by atoms with E-state index < -0.39 is 32.5 Å². The highest BCUT2D eigenvalue weighted by molar-refractivity contribution is 7.91. The lowest BCUT2D eigenvalue weighted by molar-refractivity contribution is -0.145. The average Bonchev–Trinajstić information content (AvgIpc) is 2.99. The number of hydrogen-bond acceptors (Lipinski definition) is 5. The van der Waals surface area contributed by atoms with Crippen molar-refractivity contribution in [2.75, 3.05) is 12.9 Å². The number of ether oxygens (including phenoxy) is 1. The first-order valence-electron chi connectivity index (χ1n) is 6.03. The van der Waals surface area contributed by atoms with Crippen molar-refractivity contribution < 1.29 is 17.9 Å². The molecule has 0 bridgehead atoms. The molecule has 1 aliphatic carbocycles. The Kier molecular flexibility index (Phi) is 3.40. The lowest BCUT2D eigenvalue weighted by Gasteiger charge is -2.10. The summed E-state index contributed by atoms with van der Waals surface area (Å²) < 4.78 is 28.5. The van der Waals surface area contributed by atoms with Crippen LogP contribution in [0.1, 0.15) is 18.4 Å². The van der Waals surface area contributed by atoms with Gasteiger partial charge in [-0.25, -0.2) is 13.2 Å². The van der Waals surface area contributed by atoms with Gasteiger partial charge in [-0.05, 0) is 12.5 Å². The van der Waals surface area contributed by atoms with Crippen molar-refractivity contribution in [2.45, 2.75) is 23.6 Å². The summed E-state index contributed by atoms with van der Waals surface area (Å²) in [4.78, 5) is 12.0. The Hall–Kier alpha value is -1.40. The molecule has 1 fully saturated rings. The molecule has 104 valence electrons. The van der Waals surface area contributed by atoms with Crippen LogP contribution in [0.4, 0.5) is 0 Å². The molecule has 0 unspecified atom stereocenters. The van der Waals surface area contributed by atoms with Gasteiger partial charge in [0.25, 0.3) is 0 Å². The van der Waals surface area contributed by atoms with Gasteiger partial charge in [0.2, 0.25) is 0 Å². The lowest BCUT2D eigenvalue weighted by Crippen LogP contribution is -2.41. The second kappa shape index (κ2) is 4.61. The van der Waals surface area contributed by atoms with Gasteiger partial charge < -0.3 is 10.5 Å². The minimum Gasteiger partial charge on any atom is -0.465 e. The van der Waals surface area contributed by atoms with Crippen molar-refractivity contribution in [3.8, 4) is 0 Å². The third-order valence-electron chi connectivity index (χ3n) is 3.43. The van der Waals surface area contributed by atoms with Crippen LogP contribution in [0.5, 0.6) is 0 Å². The Morgan fingerprint density at radius 1 is 1.37 bits per heavy atom. The maximum atomic E-state index is 12.0. The van der Waals surface area contributed by atoms with Crippen molar-refractivity contribution in [3.63, 3.8) is 0 Å². The van der Waals surface area contributed by atoms with E-state index in [0.717, 1.165) is 11.8 Å². The zero-order chi connectivity index (χ0) is 14.3. The van der Waals surface area contributed by atoms with Crippen LogP contribution in [0.25, 0.3) is 0 Å². The topological polar surface area (TPSA) is 86.5 Å². The second-order valence-corrected chi connectivity index (χ2v) is 6.96. The highest BCUT2D eigenvalue weighted by atomic mass is 32.2. The fourth-order valence-electron chi connectivity index (χ4n) is 2.59. The maximum absolute atomic E-state index is 12.0. The minimum absolute atomic E-state index is 0.176. The van der Waals surface area contributed by atoms with E-state index in [1.54, 1.807) is 31.2 Å². The smallest absolute Gasteiger partial charge is 0.328 e. The monoisotopic (exact) mass is 283 g/mol. The summed E-state index contributed by atoms with van der Waals surface area (Å²) in [5.74, 6) is -1.19. The Balaban J connectivity index is 2.40. The predicted molar refractivity (Wildman–Crippen MR) is 71.4 cm³/mol. The van der Waals surface area contributed by atoms with Gasteiger partial charge in [-0.2, -0.15) is 0 Å². The van der Waals surface area contributed by atoms with Crippen molar-refractivity contribution in [1.82, 2.24) is 0 Å². The molecule has 1 aromatic rings. The number of hydrogen-bond donors (Lipinski definition) is 1. The molecule has 5 nitrogen and oxygen atoms in total. The quantitative estimate of drug-likeness (QED) is 0.811. The van der Waals surface area contributed by atoms with E-state index in [2.05, 4.69) is 0 Å². The van der Waals surface area contributed by atoms with Gasteiger partial charge >= 0.3 is 5.97 Å². The highest BCUT2D eigenvalue weighted by Crippen LogP contribution is 2.54. The van der Waals surface area contributed by atoms with Crippen LogP contribution in [0.15, 0.2) is 30.3 Å². The number of sulfone groups is 1. The standard InChI is InChI=1S/C13H17NO4S/c1-3-18-12(15)13(14)10(11(13)19(2,16)17)9-7-5-4-6-8-9/h4-8,10-11H,3,14H2,1-2H3/t10-,11-,13-/m0/s1. The van der Waals surface area contributed by atoms with Gasteiger partial charge in [0.05, 0.1) is 11.9 Å². The van der Waals surface area contributed by atoms with Crippen LogP contribution >= 0.6 is 0 Å². The third kappa shape index (κ3) is 2.26. The van der Waals surface area contributed by atoms with Crippen molar-refractivity contribution in [1.29, 1.82) is 0 Å². The molecule has 0 aliphatic heterocycles. The SMILES string of the molecule is CCOC(=O)[C@]1(N)[C@@H](c2ccccc2)[C@@H]1S(C)(=O)=O. The maximum Gasteiger partial charge on any atom is 0.328 e. The molecule has 3 atom stereocenters. The van der Waals surface area contributed by atoms with Gasteiger partial charge in [0.1, 0.15) is 5.54 Å². The molecular weight excluding hydrogens is 266 g/mol. The van der Waals surface area contributed by atoms with Gasteiger partial charge in [0.15, 0.2) is 9.84 Å². The number of esters is 1. The number of carbonyl (C=O) groups is 1. The lowest BCUT2D eigenvalue weighted by atomic mass is 10.1. The van der Waals surface area contributed by atoms with Gasteiger partial charge in [0, 0.05) is 12.2 Å². The molecule has 2 rings (SSSR count). The zero-order valence-corrected chi connectivity index (χ0v) is 11.7. The normalized spacial score (nSPS) is 29.8. The Labute approximate surface area is 112 Å². The Bertz CT molecular complexity index is 584. The van der Waals surface area contributed by atoms with Crippen LogP contribution in [-0.4, -0.2) is 38.0 Å². The third-order valence-corrected chi connectivity index (χ3v) is 5.01. The highest BCUT2D eigenvalue weighted by Gasteiger charge is 2.73. The van der Waals surface area contributed by atoms with E-state index in [1.807, 2.05) is 6.07 Å². The van der Waals surface area contributed by atoms with E-state index in [-0.39, 0.29) is 6.61 Å². The predicted octanol–water partition coefficient (Wildman–Crippen LogP) is 0.458. The number of benzene rings is 1. The first-order valence-corrected chi connectivity index (χ1v) is 7.98. The van der Waals surface area contributed by atoms with E-state index in [9.17, 15) is 13.2 Å². The molecule has 2 N–H and O–H groups in total. The first kappa shape index (κ1) is 14.0. The molecule has 1 aromatic carbocycles. The molecule has 0 radical (unpaired) electrons. The van der Waals surface area contributed by atoms with Gasteiger partial charge in [-0.3, -0.25) is 0 Å². The van der Waals surface area contributed by atoms with Crippen LogP contribution in [-0.2, 0) is 19.4 Å². The molecule has 19 heavy (non-hydrogen) atoms. The van der Waals surface area contributed by atoms with Crippen molar-refractivity contribution in [2.24, 2.45) is 5.73 Å². The molecule has 1 saturated carbocycles. The van der Waals surface area contributed by atoms with E-state index in [4.69, 9.17) is 10.5 Å². The molecule has 0 amide bonds. The van der Waals surface area contributed by atoms with Crippen LogP contribution in [0, 0.1) is 0 Å². The molecule has 0 saturated heterocycles. The fraction of sp³-hybridized carbons (Fsp3) is 0.462. The molecule has 1 aliphatic rings. The summed E-state index contributed by atoms with van der Waals surface area (Å²) in [6.45, 7) is 1.84. The van der Waals surface area contributed by atoms with Crippen LogP contribution < -0.4 is 5.73 Å². The zero-order valence-electron chi connectivity index (χ0n) is 10.9. The Morgan fingerprint density at radius 3 is 2.42 bits per heavy atom. The first-order chi connectivity index (χ1) is 8.83. The number of nitrogens with two attached hydrogens (primary N) is 1. The second-order valence-electron chi connectivity index (χ2n) is 4.79. The van der Waals surface area contributed by atoms with E-state index in [1.165, 1.54) is 0 Å².